The lowest BCUT2D eigenvalue weighted by atomic mass is 10.1. The molecule has 0 heterocycles. The van der Waals surface area contributed by atoms with Gasteiger partial charge in [0.1, 0.15) is 0 Å². The number of carbonyl (C=O) groups excluding carboxylic acids is 2. The van der Waals surface area contributed by atoms with Gasteiger partial charge in [0.05, 0.1) is 13.2 Å². The van der Waals surface area contributed by atoms with Crippen LogP contribution < -0.4 is 16.0 Å². The van der Waals surface area contributed by atoms with Crippen molar-refractivity contribution in [3.05, 3.63) is 59.2 Å². The maximum atomic E-state index is 12.1. The molecular weight excluding hydrogens is 330 g/mol. The normalized spacial score (nSPS) is 10.1. The Morgan fingerprint density at radius 3 is 2.38 bits per heavy atom. The van der Waals surface area contributed by atoms with Crippen molar-refractivity contribution in [1.82, 2.24) is 5.32 Å². The molecular formula is C20H25N3O3. The average molecular weight is 355 g/mol. The van der Waals surface area contributed by atoms with E-state index in [0.29, 0.717) is 18.8 Å². The molecule has 0 spiro atoms. The summed E-state index contributed by atoms with van der Waals surface area (Å²) in [7, 11) is 0. The summed E-state index contributed by atoms with van der Waals surface area (Å²) < 4.78 is 4.89. The molecule has 0 aromatic heterocycles. The molecule has 0 unspecified atom stereocenters. The van der Waals surface area contributed by atoms with Crippen molar-refractivity contribution < 1.29 is 14.3 Å². The molecule has 6 heteroatoms. The van der Waals surface area contributed by atoms with Gasteiger partial charge in [0.2, 0.25) is 5.91 Å². The quantitative estimate of drug-likeness (QED) is 0.709. The van der Waals surface area contributed by atoms with Gasteiger partial charge in [-0.1, -0.05) is 35.9 Å². The minimum absolute atomic E-state index is 0.103. The van der Waals surface area contributed by atoms with Gasteiger partial charge >= 0.3 is 6.09 Å². The molecule has 2 aromatic rings. The predicted molar refractivity (Wildman–Crippen MR) is 103 cm³/mol. The fourth-order valence-electron chi connectivity index (χ4n) is 2.38. The number of rotatable bonds is 7. The molecule has 0 saturated carbocycles. The van der Waals surface area contributed by atoms with Crippen LogP contribution in [0.1, 0.15) is 23.6 Å². The fourth-order valence-corrected chi connectivity index (χ4v) is 2.38. The Kier molecular flexibility index (Phi) is 7.02. The van der Waals surface area contributed by atoms with Gasteiger partial charge in [-0.25, -0.2) is 4.79 Å². The summed E-state index contributed by atoms with van der Waals surface area (Å²) in [5.41, 5.74) is 4.51. The van der Waals surface area contributed by atoms with E-state index in [1.54, 1.807) is 19.1 Å². The van der Waals surface area contributed by atoms with Crippen LogP contribution in [0.5, 0.6) is 0 Å². The zero-order valence-electron chi connectivity index (χ0n) is 15.4. The van der Waals surface area contributed by atoms with Crippen LogP contribution in [0.25, 0.3) is 0 Å². The lowest BCUT2D eigenvalue weighted by molar-refractivity contribution is -0.119. The molecule has 3 N–H and O–H groups in total. The smallest absolute Gasteiger partial charge is 0.411 e. The molecule has 26 heavy (non-hydrogen) atoms. The second kappa shape index (κ2) is 9.46. The van der Waals surface area contributed by atoms with Crippen LogP contribution >= 0.6 is 0 Å². The first-order chi connectivity index (χ1) is 12.5. The van der Waals surface area contributed by atoms with Crippen molar-refractivity contribution in [2.24, 2.45) is 0 Å². The van der Waals surface area contributed by atoms with Crippen molar-refractivity contribution >= 4 is 23.4 Å². The number of hydrogen-bond donors (Lipinski definition) is 3. The van der Waals surface area contributed by atoms with E-state index in [4.69, 9.17) is 4.74 Å². The van der Waals surface area contributed by atoms with Crippen molar-refractivity contribution in [2.75, 3.05) is 23.8 Å². The topological polar surface area (TPSA) is 79.5 Å². The van der Waals surface area contributed by atoms with Crippen LogP contribution in [-0.4, -0.2) is 25.2 Å². The highest BCUT2D eigenvalue weighted by molar-refractivity contribution is 5.87. The lowest BCUT2D eigenvalue weighted by Crippen LogP contribution is -2.29. The SMILES string of the molecule is CCOC(=O)Nc1cccc(NCC(=O)NCc2ccc(C)cc2)c1C. The molecule has 138 valence electrons. The summed E-state index contributed by atoms with van der Waals surface area (Å²) in [5.74, 6) is -0.103. The van der Waals surface area contributed by atoms with E-state index in [9.17, 15) is 9.59 Å². The molecule has 2 amide bonds. The van der Waals surface area contributed by atoms with Crippen LogP contribution in [0.3, 0.4) is 0 Å². The van der Waals surface area contributed by atoms with E-state index < -0.39 is 6.09 Å². The maximum absolute atomic E-state index is 12.1. The van der Waals surface area contributed by atoms with Gasteiger partial charge in [0, 0.05) is 17.9 Å². The van der Waals surface area contributed by atoms with Crippen LogP contribution in [0.15, 0.2) is 42.5 Å². The van der Waals surface area contributed by atoms with Gasteiger partial charge in [-0.3, -0.25) is 10.1 Å². The number of anilines is 2. The first-order valence-electron chi connectivity index (χ1n) is 8.59. The number of ether oxygens (including phenoxy) is 1. The first kappa shape index (κ1) is 19.3. The van der Waals surface area contributed by atoms with E-state index >= 15 is 0 Å². The molecule has 0 bridgehead atoms. The molecule has 0 aliphatic carbocycles. The number of nitrogens with one attached hydrogen (secondary N) is 3. The first-order valence-corrected chi connectivity index (χ1v) is 8.59. The number of carbonyl (C=O) groups is 2. The Balaban J connectivity index is 1.87. The molecule has 0 aliphatic rings. The van der Waals surface area contributed by atoms with E-state index in [1.807, 2.05) is 44.2 Å². The maximum Gasteiger partial charge on any atom is 0.411 e. The molecule has 2 rings (SSSR count). The van der Waals surface area contributed by atoms with Crippen LogP contribution in [-0.2, 0) is 16.1 Å². The minimum atomic E-state index is -0.497. The van der Waals surface area contributed by atoms with Crippen LogP contribution in [0.2, 0.25) is 0 Å². The Labute approximate surface area is 153 Å². The second-order valence-corrected chi connectivity index (χ2v) is 5.94. The zero-order valence-corrected chi connectivity index (χ0v) is 15.4. The summed E-state index contributed by atoms with van der Waals surface area (Å²) in [6.45, 7) is 6.59. The summed E-state index contributed by atoms with van der Waals surface area (Å²) in [5, 5.41) is 8.67. The third-order valence-corrected chi connectivity index (χ3v) is 3.90. The third-order valence-electron chi connectivity index (χ3n) is 3.90. The Hall–Kier alpha value is -3.02. The highest BCUT2D eigenvalue weighted by atomic mass is 16.5. The van der Waals surface area contributed by atoms with Gasteiger partial charge in [-0.05, 0) is 44.0 Å². The molecule has 2 aromatic carbocycles. The lowest BCUT2D eigenvalue weighted by Gasteiger charge is -2.14. The fraction of sp³-hybridized carbons (Fsp3) is 0.300. The predicted octanol–water partition coefficient (Wildman–Crippen LogP) is 3.60. The number of benzene rings is 2. The summed E-state index contributed by atoms with van der Waals surface area (Å²) in [6, 6.07) is 13.5. The monoisotopic (exact) mass is 355 g/mol. The van der Waals surface area contributed by atoms with Crippen molar-refractivity contribution in [2.45, 2.75) is 27.3 Å². The van der Waals surface area contributed by atoms with Gasteiger partial charge in [-0.2, -0.15) is 0 Å². The minimum Gasteiger partial charge on any atom is -0.450 e. The second-order valence-electron chi connectivity index (χ2n) is 5.94. The average Bonchev–Trinajstić information content (AvgIpc) is 2.62. The number of amides is 2. The van der Waals surface area contributed by atoms with Gasteiger partial charge < -0.3 is 15.4 Å². The highest BCUT2D eigenvalue weighted by Gasteiger charge is 2.09. The summed E-state index contributed by atoms with van der Waals surface area (Å²) in [6.07, 6.45) is -0.497. The summed E-state index contributed by atoms with van der Waals surface area (Å²) in [4.78, 5) is 23.6. The zero-order chi connectivity index (χ0) is 18.9. The van der Waals surface area contributed by atoms with Gasteiger partial charge in [0.25, 0.3) is 0 Å². The van der Waals surface area contributed by atoms with E-state index in [-0.39, 0.29) is 12.5 Å². The Morgan fingerprint density at radius 2 is 1.69 bits per heavy atom. The number of hydrogen-bond acceptors (Lipinski definition) is 4. The van der Waals surface area contributed by atoms with E-state index in [0.717, 1.165) is 16.8 Å². The molecule has 0 fully saturated rings. The molecule has 6 nitrogen and oxygen atoms in total. The molecule has 0 saturated heterocycles. The summed E-state index contributed by atoms with van der Waals surface area (Å²) >= 11 is 0. The van der Waals surface area contributed by atoms with E-state index in [2.05, 4.69) is 16.0 Å². The van der Waals surface area contributed by atoms with Gasteiger partial charge in [0.15, 0.2) is 0 Å². The van der Waals surface area contributed by atoms with Crippen LogP contribution in [0.4, 0.5) is 16.2 Å². The molecule has 0 aliphatic heterocycles. The Bertz CT molecular complexity index is 757. The van der Waals surface area contributed by atoms with Crippen molar-refractivity contribution in [3.63, 3.8) is 0 Å². The molecule has 0 radical (unpaired) electrons. The van der Waals surface area contributed by atoms with Crippen LogP contribution in [0, 0.1) is 13.8 Å². The Morgan fingerprint density at radius 1 is 1.00 bits per heavy atom. The number of aryl methyl sites for hydroxylation is 1. The largest absolute Gasteiger partial charge is 0.450 e. The molecule has 0 atom stereocenters. The van der Waals surface area contributed by atoms with Gasteiger partial charge in [-0.15, -0.1) is 0 Å². The highest BCUT2D eigenvalue weighted by Crippen LogP contribution is 2.23. The third kappa shape index (κ3) is 5.81. The standard InChI is InChI=1S/C20H25N3O3/c1-4-26-20(25)23-18-7-5-6-17(15(18)3)21-13-19(24)22-12-16-10-8-14(2)9-11-16/h5-11,21H,4,12-13H2,1-3H3,(H,22,24)(H,23,25). The van der Waals surface area contributed by atoms with E-state index in [1.165, 1.54) is 5.56 Å². The van der Waals surface area contributed by atoms with Crippen molar-refractivity contribution in [3.8, 4) is 0 Å². The van der Waals surface area contributed by atoms with Crippen molar-refractivity contribution in [1.29, 1.82) is 0 Å².